The van der Waals surface area contributed by atoms with E-state index in [1.54, 1.807) is 0 Å². The number of fused-ring (bicyclic) bond motifs is 1. The summed E-state index contributed by atoms with van der Waals surface area (Å²) >= 11 is 0. The third-order valence-corrected chi connectivity index (χ3v) is 3.88. The van der Waals surface area contributed by atoms with Crippen LogP contribution in [0.2, 0.25) is 0 Å². The smallest absolute Gasteiger partial charge is 0.150 e. The summed E-state index contributed by atoms with van der Waals surface area (Å²) in [4.78, 5) is 11.3. The van der Waals surface area contributed by atoms with Crippen molar-refractivity contribution in [3.8, 4) is 0 Å². The van der Waals surface area contributed by atoms with Gasteiger partial charge in [0.1, 0.15) is 6.29 Å². The lowest BCUT2D eigenvalue weighted by atomic mass is 9.75. The maximum Gasteiger partial charge on any atom is 0.150 e. The van der Waals surface area contributed by atoms with Gasteiger partial charge in [0.15, 0.2) is 0 Å². The third kappa shape index (κ3) is 2.85. The van der Waals surface area contributed by atoms with Gasteiger partial charge in [0.25, 0.3) is 0 Å². The average molecular weight is 255 g/mol. The van der Waals surface area contributed by atoms with Gasteiger partial charge in [0.2, 0.25) is 0 Å². The quantitative estimate of drug-likeness (QED) is 0.624. The number of aldehydes is 1. The van der Waals surface area contributed by atoms with Gasteiger partial charge in [0.05, 0.1) is 0 Å². The SMILES string of the molecule is C=CCN[C@@H]1CCc2cccc(C=O)c2[C@@H]1CC=C. The largest absolute Gasteiger partial charge is 0.310 e. The zero-order valence-corrected chi connectivity index (χ0v) is 11.3. The molecule has 0 saturated carbocycles. The molecule has 0 bridgehead atoms. The van der Waals surface area contributed by atoms with Gasteiger partial charge >= 0.3 is 0 Å². The highest BCUT2D eigenvalue weighted by molar-refractivity contribution is 5.78. The first-order valence-electron chi connectivity index (χ1n) is 6.84. The molecule has 1 N–H and O–H groups in total. The standard InChI is InChI=1S/C17H21NO/c1-3-6-15-16(18-11-4-2)10-9-13-7-5-8-14(12-19)17(13)15/h3-5,7-8,12,15-16,18H,1-2,6,9-11H2/t15-,16-/m1/s1. The molecule has 2 nitrogen and oxygen atoms in total. The number of carbonyl (C=O) groups is 1. The van der Waals surface area contributed by atoms with Gasteiger partial charge in [-0.15, -0.1) is 13.2 Å². The van der Waals surface area contributed by atoms with Crippen molar-refractivity contribution in [3.63, 3.8) is 0 Å². The fourth-order valence-electron chi connectivity index (χ4n) is 3.06. The Hall–Kier alpha value is -1.67. The summed E-state index contributed by atoms with van der Waals surface area (Å²) in [6, 6.07) is 6.43. The van der Waals surface area contributed by atoms with E-state index in [1.807, 2.05) is 24.3 Å². The van der Waals surface area contributed by atoms with E-state index in [2.05, 4.69) is 24.5 Å². The molecule has 19 heavy (non-hydrogen) atoms. The molecule has 1 aromatic rings. The molecule has 2 atom stereocenters. The Labute approximate surface area is 115 Å². The van der Waals surface area contributed by atoms with Crippen LogP contribution in [0, 0.1) is 0 Å². The van der Waals surface area contributed by atoms with E-state index in [-0.39, 0.29) is 0 Å². The first-order valence-corrected chi connectivity index (χ1v) is 6.84. The molecule has 0 saturated heterocycles. The van der Waals surface area contributed by atoms with Gasteiger partial charge in [-0.1, -0.05) is 30.4 Å². The lowest BCUT2D eigenvalue weighted by Gasteiger charge is -2.34. The molecule has 1 aromatic carbocycles. The maximum absolute atomic E-state index is 11.3. The molecule has 0 heterocycles. The summed E-state index contributed by atoms with van der Waals surface area (Å²) in [5.41, 5.74) is 3.35. The molecule has 1 aliphatic rings. The first kappa shape index (κ1) is 13.8. The Balaban J connectivity index is 2.37. The fourth-order valence-corrected chi connectivity index (χ4v) is 3.06. The average Bonchev–Trinajstić information content (AvgIpc) is 2.45. The van der Waals surface area contributed by atoms with Crippen molar-refractivity contribution in [2.75, 3.05) is 6.54 Å². The minimum atomic E-state index is 0.336. The van der Waals surface area contributed by atoms with Crippen molar-refractivity contribution in [1.82, 2.24) is 5.32 Å². The van der Waals surface area contributed by atoms with Crippen molar-refractivity contribution in [3.05, 3.63) is 60.2 Å². The van der Waals surface area contributed by atoms with Crippen LogP contribution in [0.1, 0.15) is 40.2 Å². The fraction of sp³-hybridized carbons (Fsp3) is 0.353. The van der Waals surface area contributed by atoms with Crippen LogP contribution in [-0.2, 0) is 6.42 Å². The Bertz CT molecular complexity index is 478. The molecule has 1 aliphatic carbocycles. The van der Waals surface area contributed by atoms with Crippen LogP contribution in [0.4, 0.5) is 0 Å². The van der Waals surface area contributed by atoms with Crippen molar-refractivity contribution in [2.45, 2.75) is 31.2 Å². The zero-order chi connectivity index (χ0) is 13.7. The summed E-state index contributed by atoms with van der Waals surface area (Å²) < 4.78 is 0. The number of aryl methyl sites for hydroxylation is 1. The van der Waals surface area contributed by atoms with E-state index in [0.29, 0.717) is 12.0 Å². The summed E-state index contributed by atoms with van der Waals surface area (Å²) in [5.74, 6) is 0.336. The topological polar surface area (TPSA) is 29.1 Å². The van der Waals surface area contributed by atoms with Gasteiger partial charge in [-0.3, -0.25) is 4.79 Å². The second-order valence-electron chi connectivity index (χ2n) is 5.01. The maximum atomic E-state index is 11.3. The van der Waals surface area contributed by atoms with E-state index in [1.165, 1.54) is 11.1 Å². The van der Waals surface area contributed by atoms with Crippen molar-refractivity contribution in [2.24, 2.45) is 0 Å². The van der Waals surface area contributed by atoms with Gasteiger partial charge in [-0.05, 0) is 30.4 Å². The highest BCUT2D eigenvalue weighted by Crippen LogP contribution is 2.36. The van der Waals surface area contributed by atoms with Crippen LogP contribution >= 0.6 is 0 Å². The Morgan fingerprint density at radius 3 is 2.84 bits per heavy atom. The minimum Gasteiger partial charge on any atom is -0.310 e. The summed E-state index contributed by atoms with van der Waals surface area (Å²) in [7, 11) is 0. The third-order valence-electron chi connectivity index (χ3n) is 3.88. The van der Waals surface area contributed by atoms with E-state index < -0.39 is 0 Å². The molecule has 0 aromatic heterocycles. The highest BCUT2D eigenvalue weighted by atomic mass is 16.1. The van der Waals surface area contributed by atoms with Crippen molar-refractivity contribution >= 4 is 6.29 Å². The normalized spacial score (nSPS) is 21.5. The van der Waals surface area contributed by atoms with Gasteiger partial charge in [-0.25, -0.2) is 0 Å². The molecular formula is C17H21NO. The summed E-state index contributed by atoms with van der Waals surface area (Å²) in [6.45, 7) is 8.42. The number of carbonyl (C=O) groups excluding carboxylic acids is 1. The van der Waals surface area contributed by atoms with Crippen LogP contribution in [0.15, 0.2) is 43.5 Å². The molecule has 0 fully saturated rings. The molecule has 0 spiro atoms. The van der Waals surface area contributed by atoms with Crippen molar-refractivity contribution in [1.29, 1.82) is 0 Å². The lowest BCUT2D eigenvalue weighted by Crippen LogP contribution is -2.38. The second-order valence-corrected chi connectivity index (χ2v) is 5.01. The van der Waals surface area contributed by atoms with E-state index in [4.69, 9.17) is 0 Å². The monoisotopic (exact) mass is 255 g/mol. The van der Waals surface area contributed by atoms with Gasteiger partial charge in [0, 0.05) is 24.1 Å². The molecule has 0 aliphatic heterocycles. The molecule has 2 heteroatoms. The zero-order valence-electron chi connectivity index (χ0n) is 11.3. The van der Waals surface area contributed by atoms with Crippen LogP contribution in [0.25, 0.3) is 0 Å². The molecular weight excluding hydrogens is 234 g/mol. The van der Waals surface area contributed by atoms with E-state index in [9.17, 15) is 4.79 Å². The Morgan fingerprint density at radius 2 is 2.16 bits per heavy atom. The minimum absolute atomic E-state index is 0.336. The number of allylic oxidation sites excluding steroid dienone is 1. The number of hydrogen-bond acceptors (Lipinski definition) is 2. The lowest BCUT2D eigenvalue weighted by molar-refractivity contribution is 0.112. The molecule has 0 radical (unpaired) electrons. The Kier molecular flexibility index (Phi) is 4.69. The number of hydrogen-bond donors (Lipinski definition) is 1. The van der Waals surface area contributed by atoms with Crippen LogP contribution in [0.3, 0.4) is 0 Å². The summed E-state index contributed by atoms with van der Waals surface area (Å²) in [5, 5.41) is 3.52. The number of benzene rings is 1. The Morgan fingerprint density at radius 1 is 1.32 bits per heavy atom. The molecule has 0 unspecified atom stereocenters. The van der Waals surface area contributed by atoms with Crippen LogP contribution in [0.5, 0.6) is 0 Å². The first-order chi connectivity index (χ1) is 9.31. The molecule has 2 rings (SSSR count). The predicted molar refractivity (Wildman–Crippen MR) is 79.7 cm³/mol. The van der Waals surface area contributed by atoms with E-state index in [0.717, 1.165) is 37.7 Å². The van der Waals surface area contributed by atoms with Crippen LogP contribution < -0.4 is 5.32 Å². The predicted octanol–water partition coefficient (Wildman–Crippen LogP) is 3.25. The van der Waals surface area contributed by atoms with Gasteiger partial charge in [-0.2, -0.15) is 0 Å². The number of rotatable bonds is 6. The highest BCUT2D eigenvalue weighted by Gasteiger charge is 2.29. The summed E-state index contributed by atoms with van der Waals surface area (Å²) in [6.07, 6.45) is 7.83. The molecule has 0 amide bonds. The number of nitrogens with one attached hydrogen (secondary N) is 1. The van der Waals surface area contributed by atoms with Crippen LogP contribution in [-0.4, -0.2) is 18.9 Å². The van der Waals surface area contributed by atoms with Crippen molar-refractivity contribution < 1.29 is 4.79 Å². The van der Waals surface area contributed by atoms with Gasteiger partial charge < -0.3 is 5.32 Å². The molecule has 100 valence electrons. The second kappa shape index (κ2) is 6.48. The van der Waals surface area contributed by atoms with E-state index >= 15 is 0 Å².